The van der Waals surface area contributed by atoms with Crippen LogP contribution in [0.15, 0.2) is 59.5 Å². The van der Waals surface area contributed by atoms with Gasteiger partial charge in [-0.25, -0.2) is 8.42 Å². The van der Waals surface area contributed by atoms with Crippen LogP contribution in [0.1, 0.15) is 6.92 Å². The van der Waals surface area contributed by atoms with E-state index in [1.807, 2.05) is 0 Å². The van der Waals surface area contributed by atoms with Gasteiger partial charge in [-0.2, -0.15) is 0 Å². The lowest BCUT2D eigenvalue weighted by Crippen LogP contribution is -2.44. The standard InChI is InChI=1S/C19H24N2O5S/c1-15(14-25-2)20-19(22)13-21(17-11-7-8-12-18(17)26-3)27(23,24)16-9-5-4-6-10-16/h4-12,15H,13-14H2,1-3H3,(H,20,22)/t15-/m0/s1. The molecule has 0 radical (unpaired) electrons. The Labute approximate surface area is 160 Å². The van der Waals surface area contributed by atoms with Gasteiger partial charge >= 0.3 is 0 Å². The lowest BCUT2D eigenvalue weighted by atomic mass is 10.3. The number of hydrogen-bond acceptors (Lipinski definition) is 5. The van der Waals surface area contributed by atoms with Crippen molar-refractivity contribution >= 4 is 21.6 Å². The SMILES string of the molecule is COC[C@H](C)NC(=O)CN(c1ccccc1OC)S(=O)(=O)c1ccccc1. The second-order valence-electron chi connectivity index (χ2n) is 5.92. The number of anilines is 1. The first-order valence-electron chi connectivity index (χ1n) is 8.39. The van der Waals surface area contributed by atoms with Gasteiger partial charge in [0, 0.05) is 13.2 Å². The van der Waals surface area contributed by atoms with Crippen LogP contribution in [0.5, 0.6) is 5.75 Å². The molecular weight excluding hydrogens is 368 g/mol. The Morgan fingerprint density at radius 2 is 1.70 bits per heavy atom. The summed E-state index contributed by atoms with van der Waals surface area (Å²) in [5.74, 6) is -0.0836. The highest BCUT2D eigenvalue weighted by Crippen LogP contribution is 2.31. The van der Waals surface area contributed by atoms with Crippen molar-refractivity contribution in [3.63, 3.8) is 0 Å². The normalized spacial score (nSPS) is 12.3. The Morgan fingerprint density at radius 1 is 1.07 bits per heavy atom. The molecule has 7 nitrogen and oxygen atoms in total. The molecule has 0 aliphatic heterocycles. The fourth-order valence-electron chi connectivity index (χ4n) is 2.60. The first-order chi connectivity index (χ1) is 12.9. The second-order valence-corrected chi connectivity index (χ2v) is 7.78. The lowest BCUT2D eigenvalue weighted by molar-refractivity contribution is -0.120. The molecule has 0 bridgehead atoms. The molecule has 2 aromatic rings. The first kappa shape index (κ1) is 20.7. The van der Waals surface area contributed by atoms with Crippen molar-refractivity contribution in [3.05, 3.63) is 54.6 Å². The van der Waals surface area contributed by atoms with Crippen LogP contribution in [0.3, 0.4) is 0 Å². The fraction of sp³-hybridized carbons (Fsp3) is 0.316. The van der Waals surface area contributed by atoms with Gasteiger partial charge in [0.25, 0.3) is 10.0 Å². The Hall–Kier alpha value is -2.58. The minimum atomic E-state index is -3.97. The third-order valence-electron chi connectivity index (χ3n) is 3.80. The molecule has 2 aromatic carbocycles. The molecule has 0 unspecified atom stereocenters. The number of ether oxygens (including phenoxy) is 2. The summed E-state index contributed by atoms with van der Waals surface area (Å²) in [6, 6.07) is 14.4. The first-order valence-corrected chi connectivity index (χ1v) is 9.83. The van der Waals surface area contributed by atoms with E-state index in [1.54, 1.807) is 49.4 Å². The van der Waals surface area contributed by atoms with Crippen molar-refractivity contribution in [2.24, 2.45) is 0 Å². The molecule has 0 fully saturated rings. The van der Waals surface area contributed by atoms with Crippen LogP contribution in [0.4, 0.5) is 5.69 Å². The van der Waals surface area contributed by atoms with Gasteiger partial charge in [-0.1, -0.05) is 30.3 Å². The molecule has 27 heavy (non-hydrogen) atoms. The van der Waals surface area contributed by atoms with Crippen LogP contribution in [0, 0.1) is 0 Å². The summed E-state index contributed by atoms with van der Waals surface area (Å²) < 4.78 is 37.8. The van der Waals surface area contributed by atoms with Gasteiger partial charge in [0.15, 0.2) is 0 Å². The highest BCUT2D eigenvalue weighted by molar-refractivity contribution is 7.92. The minimum absolute atomic E-state index is 0.0913. The van der Waals surface area contributed by atoms with Crippen LogP contribution < -0.4 is 14.4 Å². The average Bonchev–Trinajstić information content (AvgIpc) is 2.67. The zero-order valence-corrected chi connectivity index (χ0v) is 16.4. The number of amides is 1. The van der Waals surface area contributed by atoms with Gasteiger partial charge in [-0.15, -0.1) is 0 Å². The van der Waals surface area contributed by atoms with Crippen LogP contribution in [0.2, 0.25) is 0 Å². The summed E-state index contributed by atoms with van der Waals surface area (Å²) in [4.78, 5) is 12.6. The van der Waals surface area contributed by atoms with Crippen LogP contribution >= 0.6 is 0 Å². The van der Waals surface area contributed by atoms with Gasteiger partial charge < -0.3 is 14.8 Å². The molecule has 8 heteroatoms. The Balaban J connectivity index is 2.42. The van der Waals surface area contributed by atoms with E-state index in [0.717, 1.165) is 4.31 Å². The smallest absolute Gasteiger partial charge is 0.264 e. The van der Waals surface area contributed by atoms with Crippen molar-refractivity contribution in [1.29, 1.82) is 0 Å². The fourth-order valence-corrected chi connectivity index (χ4v) is 4.05. The van der Waals surface area contributed by atoms with E-state index in [1.165, 1.54) is 26.4 Å². The van der Waals surface area contributed by atoms with Crippen LogP contribution in [0.25, 0.3) is 0 Å². The summed E-state index contributed by atoms with van der Waals surface area (Å²) in [6.07, 6.45) is 0. The van der Waals surface area contributed by atoms with Crippen molar-refractivity contribution < 1.29 is 22.7 Å². The maximum Gasteiger partial charge on any atom is 0.264 e. The molecule has 0 spiro atoms. The molecule has 0 aliphatic rings. The van der Waals surface area contributed by atoms with Crippen LogP contribution in [-0.4, -0.2) is 47.7 Å². The molecule has 0 heterocycles. The third kappa shape index (κ3) is 5.21. The van der Waals surface area contributed by atoms with Crippen molar-refractivity contribution in [3.8, 4) is 5.75 Å². The van der Waals surface area contributed by atoms with Gasteiger partial charge in [-0.05, 0) is 31.2 Å². The molecule has 1 atom stereocenters. The minimum Gasteiger partial charge on any atom is -0.495 e. The van der Waals surface area contributed by atoms with E-state index in [0.29, 0.717) is 18.0 Å². The Kier molecular flexibility index (Phi) is 7.20. The number of hydrogen-bond donors (Lipinski definition) is 1. The summed E-state index contributed by atoms with van der Waals surface area (Å²) in [5, 5.41) is 2.73. The van der Waals surface area contributed by atoms with Crippen molar-refractivity contribution in [1.82, 2.24) is 5.32 Å². The summed E-state index contributed by atoms with van der Waals surface area (Å²) in [5.41, 5.74) is 0.290. The zero-order valence-electron chi connectivity index (χ0n) is 15.6. The number of para-hydroxylation sites is 2. The number of rotatable bonds is 9. The van der Waals surface area contributed by atoms with Crippen molar-refractivity contribution in [2.45, 2.75) is 17.9 Å². The number of methoxy groups -OCH3 is 2. The average molecular weight is 392 g/mol. The summed E-state index contributed by atoms with van der Waals surface area (Å²) in [7, 11) is -0.986. The van der Waals surface area contributed by atoms with Crippen LogP contribution in [-0.2, 0) is 19.6 Å². The third-order valence-corrected chi connectivity index (χ3v) is 5.57. The van der Waals surface area contributed by atoms with E-state index < -0.39 is 15.9 Å². The quantitative estimate of drug-likeness (QED) is 0.706. The van der Waals surface area contributed by atoms with Crippen molar-refractivity contribution in [2.75, 3.05) is 31.7 Å². The Morgan fingerprint density at radius 3 is 2.33 bits per heavy atom. The maximum atomic E-state index is 13.2. The van der Waals surface area contributed by atoms with Gasteiger partial charge in [-0.3, -0.25) is 9.10 Å². The lowest BCUT2D eigenvalue weighted by Gasteiger charge is -2.26. The highest BCUT2D eigenvalue weighted by Gasteiger charge is 2.29. The molecule has 1 N–H and O–H groups in total. The van der Waals surface area contributed by atoms with Gasteiger partial charge in [0.2, 0.25) is 5.91 Å². The van der Waals surface area contributed by atoms with E-state index in [-0.39, 0.29) is 17.5 Å². The molecule has 0 saturated heterocycles. The molecule has 2 rings (SSSR count). The van der Waals surface area contributed by atoms with E-state index in [2.05, 4.69) is 5.32 Å². The highest BCUT2D eigenvalue weighted by atomic mass is 32.2. The maximum absolute atomic E-state index is 13.2. The van der Waals surface area contributed by atoms with Gasteiger partial charge in [0.1, 0.15) is 12.3 Å². The number of nitrogens with one attached hydrogen (secondary N) is 1. The molecule has 146 valence electrons. The van der Waals surface area contributed by atoms with E-state index >= 15 is 0 Å². The summed E-state index contributed by atoms with van der Waals surface area (Å²) in [6.45, 7) is 1.72. The molecule has 1 amide bonds. The number of sulfonamides is 1. The number of carbonyl (C=O) groups is 1. The summed E-state index contributed by atoms with van der Waals surface area (Å²) >= 11 is 0. The molecular formula is C19H24N2O5S. The molecule has 0 aromatic heterocycles. The monoisotopic (exact) mass is 392 g/mol. The molecule has 0 saturated carbocycles. The van der Waals surface area contributed by atoms with E-state index in [4.69, 9.17) is 9.47 Å². The second kappa shape index (κ2) is 9.38. The predicted octanol–water partition coefficient (Wildman–Crippen LogP) is 2.04. The van der Waals surface area contributed by atoms with Gasteiger partial charge in [0.05, 0.1) is 24.3 Å². The topological polar surface area (TPSA) is 84.9 Å². The number of carbonyl (C=O) groups excluding carboxylic acids is 1. The number of nitrogens with zero attached hydrogens (tertiary/aromatic N) is 1. The zero-order chi connectivity index (χ0) is 19.9. The number of benzene rings is 2. The Bertz CT molecular complexity index is 855. The van der Waals surface area contributed by atoms with E-state index in [9.17, 15) is 13.2 Å². The largest absolute Gasteiger partial charge is 0.495 e. The predicted molar refractivity (Wildman–Crippen MR) is 103 cm³/mol. The molecule has 0 aliphatic carbocycles.